The summed E-state index contributed by atoms with van der Waals surface area (Å²) in [6.45, 7) is 8.63. The number of carbonyl (C=O) groups is 2. The zero-order valence-electron chi connectivity index (χ0n) is 24.3. The van der Waals surface area contributed by atoms with Gasteiger partial charge in [0.05, 0.1) is 12.3 Å². The molecule has 4 heterocycles. The zero-order valence-corrected chi connectivity index (χ0v) is 24.3. The number of fused-ring (bicyclic) bond motifs is 3. The molecule has 0 saturated carbocycles. The number of carbonyl (C=O) groups excluding carboxylic acids is 2. The number of aromatic nitrogens is 4. The van der Waals surface area contributed by atoms with Crippen LogP contribution in [-0.2, 0) is 37.8 Å². The van der Waals surface area contributed by atoms with Crippen molar-refractivity contribution in [3.8, 4) is 11.3 Å². The highest BCUT2D eigenvalue weighted by Gasteiger charge is 2.37. The van der Waals surface area contributed by atoms with Gasteiger partial charge in [-0.1, -0.05) is 26.5 Å². The van der Waals surface area contributed by atoms with E-state index < -0.39 is 0 Å². The van der Waals surface area contributed by atoms with Crippen molar-refractivity contribution in [2.24, 2.45) is 12.5 Å². The minimum Gasteiger partial charge on any atom is -0.392 e. The Bertz CT molecular complexity index is 1850. The van der Waals surface area contributed by atoms with Gasteiger partial charge in [-0.2, -0.15) is 0 Å². The lowest BCUT2D eigenvalue weighted by molar-refractivity contribution is -0.111. The Morgan fingerprint density at radius 2 is 1.93 bits per heavy atom. The van der Waals surface area contributed by atoms with Gasteiger partial charge < -0.3 is 24.9 Å². The van der Waals surface area contributed by atoms with Gasteiger partial charge in [0, 0.05) is 60.7 Å². The van der Waals surface area contributed by atoms with Crippen molar-refractivity contribution >= 4 is 34.8 Å². The van der Waals surface area contributed by atoms with Gasteiger partial charge in [0.25, 0.3) is 11.5 Å². The molecule has 220 valence electrons. The van der Waals surface area contributed by atoms with Crippen LogP contribution < -0.4 is 21.1 Å². The van der Waals surface area contributed by atoms with E-state index in [-0.39, 0.29) is 35.2 Å². The molecule has 0 saturated heterocycles. The summed E-state index contributed by atoms with van der Waals surface area (Å²) in [5.41, 5.74) is 5.40. The number of hydrogen-bond donors (Lipinski definition) is 3. The van der Waals surface area contributed by atoms with Crippen LogP contribution in [0, 0.1) is 5.41 Å². The number of benzene rings is 1. The first-order chi connectivity index (χ1) is 20.6. The van der Waals surface area contributed by atoms with Crippen molar-refractivity contribution < 1.29 is 14.7 Å². The molecule has 1 aromatic carbocycles. The summed E-state index contributed by atoms with van der Waals surface area (Å²) < 4.78 is 3.53. The fraction of sp³-hybridized carbons (Fsp3) is 0.281. The third-order valence-corrected chi connectivity index (χ3v) is 8.00. The minimum absolute atomic E-state index is 0.0544. The van der Waals surface area contributed by atoms with Crippen molar-refractivity contribution in [1.82, 2.24) is 19.1 Å². The normalized spacial score (nSPS) is 15.2. The first kappa shape index (κ1) is 28.1. The Morgan fingerprint density at radius 3 is 2.70 bits per heavy atom. The molecule has 2 aliphatic rings. The highest BCUT2D eigenvalue weighted by Crippen LogP contribution is 2.40. The number of nitrogens with one attached hydrogen (secondary N) is 2. The number of pyridine rings is 1. The third-order valence-electron chi connectivity index (χ3n) is 8.00. The van der Waals surface area contributed by atoms with Crippen molar-refractivity contribution in [2.45, 2.75) is 39.8 Å². The Balaban J connectivity index is 1.34. The summed E-state index contributed by atoms with van der Waals surface area (Å²) in [4.78, 5) is 49.3. The SMILES string of the molecule is C=CC(=O)Nc1cccc(Nc2nc(-c3ccnc(N4CCn5c(cc6c5CC(C)(C)C6)C4=O)c3CO)cn(C)c2=O)c1. The van der Waals surface area contributed by atoms with Gasteiger partial charge in [0.1, 0.15) is 11.5 Å². The quantitative estimate of drug-likeness (QED) is 0.284. The highest BCUT2D eigenvalue weighted by atomic mass is 16.3. The van der Waals surface area contributed by atoms with E-state index >= 15 is 0 Å². The first-order valence-corrected chi connectivity index (χ1v) is 14.1. The molecule has 3 N–H and O–H groups in total. The molecule has 0 fully saturated rings. The van der Waals surface area contributed by atoms with E-state index in [1.165, 1.54) is 21.9 Å². The molecule has 0 spiro atoms. The molecule has 11 nitrogen and oxygen atoms in total. The maximum atomic E-state index is 13.8. The monoisotopic (exact) mass is 579 g/mol. The number of anilines is 4. The summed E-state index contributed by atoms with van der Waals surface area (Å²) >= 11 is 0. The Kier molecular flexibility index (Phi) is 6.97. The minimum atomic E-state index is -0.383. The van der Waals surface area contributed by atoms with Gasteiger partial charge in [0.15, 0.2) is 5.82 Å². The molecule has 2 amide bonds. The van der Waals surface area contributed by atoms with Crippen LogP contribution in [0.5, 0.6) is 0 Å². The average Bonchev–Trinajstić information content (AvgIpc) is 3.47. The Hall–Kier alpha value is -5.03. The number of hydrogen-bond acceptors (Lipinski definition) is 7. The lowest BCUT2D eigenvalue weighted by Gasteiger charge is -2.30. The highest BCUT2D eigenvalue weighted by molar-refractivity contribution is 6.06. The molecule has 4 aromatic rings. The van der Waals surface area contributed by atoms with Crippen LogP contribution in [0.2, 0.25) is 0 Å². The predicted octanol–water partition coefficient (Wildman–Crippen LogP) is 3.79. The second-order valence-corrected chi connectivity index (χ2v) is 11.7. The maximum absolute atomic E-state index is 13.8. The molecule has 43 heavy (non-hydrogen) atoms. The van der Waals surface area contributed by atoms with Crippen LogP contribution in [0.4, 0.5) is 23.0 Å². The van der Waals surface area contributed by atoms with E-state index in [0.717, 1.165) is 12.8 Å². The molecule has 0 radical (unpaired) electrons. The zero-order chi connectivity index (χ0) is 30.5. The molecule has 3 aromatic heterocycles. The maximum Gasteiger partial charge on any atom is 0.293 e. The Labute approximate surface area is 248 Å². The smallest absolute Gasteiger partial charge is 0.293 e. The van der Waals surface area contributed by atoms with Gasteiger partial charge in [-0.15, -0.1) is 0 Å². The number of nitrogens with zero attached hydrogens (tertiary/aromatic N) is 5. The predicted molar refractivity (Wildman–Crippen MR) is 164 cm³/mol. The summed E-state index contributed by atoms with van der Waals surface area (Å²) in [5, 5.41) is 16.3. The van der Waals surface area contributed by atoms with Gasteiger partial charge in [0.2, 0.25) is 5.91 Å². The summed E-state index contributed by atoms with van der Waals surface area (Å²) in [6.07, 6.45) is 6.22. The lowest BCUT2D eigenvalue weighted by Crippen LogP contribution is -2.41. The first-order valence-electron chi connectivity index (χ1n) is 14.1. The van der Waals surface area contributed by atoms with Crippen LogP contribution in [0.15, 0.2) is 66.2 Å². The van der Waals surface area contributed by atoms with E-state index in [9.17, 15) is 19.5 Å². The molecule has 0 bridgehead atoms. The van der Waals surface area contributed by atoms with Crippen LogP contribution >= 0.6 is 0 Å². The second-order valence-electron chi connectivity index (χ2n) is 11.7. The van der Waals surface area contributed by atoms with Crippen molar-refractivity contribution in [2.75, 3.05) is 22.1 Å². The largest absolute Gasteiger partial charge is 0.392 e. The fourth-order valence-corrected chi connectivity index (χ4v) is 6.04. The molecule has 1 aliphatic carbocycles. The van der Waals surface area contributed by atoms with Crippen LogP contribution in [0.25, 0.3) is 11.3 Å². The summed E-state index contributed by atoms with van der Waals surface area (Å²) in [5.74, 6) is -0.0869. The molecular formula is C32H33N7O4. The van der Waals surface area contributed by atoms with E-state index in [4.69, 9.17) is 0 Å². The van der Waals surface area contributed by atoms with Crippen molar-refractivity contribution in [3.05, 3.63) is 94.3 Å². The van der Waals surface area contributed by atoms with Gasteiger partial charge in [-0.3, -0.25) is 19.3 Å². The number of aliphatic hydroxyl groups is 1. The van der Waals surface area contributed by atoms with Crippen LogP contribution in [0.3, 0.4) is 0 Å². The topological polar surface area (TPSA) is 134 Å². The Morgan fingerprint density at radius 1 is 1.14 bits per heavy atom. The van der Waals surface area contributed by atoms with E-state index in [1.54, 1.807) is 54.7 Å². The second kappa shape index (κ2) is 10.7. The lowest BCUT2D eigenvalue weighted by atomic mass is 9.90. The number of aryl methyl sites for hydroxylation is 1. The molecule has 11 heteroatoms. The van der Waals surface area contributed by atoms with Gasteiger partial charge in [-0.05, 0) is 60.2 Å². The van der Waals surface area contributed by atoms with E-state index in [2.05, 4.69) is 45.6 Å². The number of aliphatic hydroxyl groups excluding tert-OH is 1. The van der Waals surface area contributed by atoms with Crippen LogP contribution in [-0.4, -0.2) is 42.6 Å². The molecule has 6 rings (SSSR count). The van der Waals surface area contributed by atoms with E-state index in [1.807, 2.05) is 6.07 Å². The average molecular weight is 580 g/mol. The molecule has 0 atom stereocenters. The van der Waals surface area contributed by atoms with Crippen molar-refractivity contribution in [1.29, 1.82) is 0 Å². The van der Waals surface area contributed by atoms with Gasteiger partial charge >= 0.3 is 0 Å². The molecule has 0 unspecified atom stereocenters. The fourth-order valence-electron chi connectivity index (χ4n) is 6.04. The van der Waals surface area contributed by atoms with E-state index in [0.29, 0.717) is 52.8 Å². The van der Waals surface area contributed by atoms with Crippen molar-refractivity contribution in [3.63, 3.8) is 0 Å². The standard InChI is InChI=1S/C32H33N7O4/c1-5-27(41)34-20-7-6-8-21(14-20)35-28-31(43)37(4)17-24(36-28)22-9-10-33-29(23(22)18-40)39-12-11-38-25(30(39)42)13-19-15-32(2,3)16-26(19)38/h5-10,13-14,17,40H,1,11-12,15-16,18H2,2-4H3,(H,34,41)(H,35,36). The summed E-state index contributed by atoms with van der Waals surface area (Å²) in [7, 11) is 1.61. The summed E-state index contributed by atoms with van der Waals surface area (Å²) in [6, 6.07) is 10.6. The number of rotatable bonds is 7. The molecular weight excluding hydrogens is 546 g/mol. The van der Waals surface area contributed by atoms with Gasteiger partial charge in [-0.25, -0.2) is 9.97 Å². The molecule has 1 aliphatic heterocycles. The van der Waals surface area contributed by atoms with Crippen LogP contribution in [0.1, 0.15) is 41.2 Å². The third kappa shape index (κ3) is 5.12. The number of amides is 2.